The maximum atomic E-state index is 12.4. The summed E-state index contributed by atoms with van der Waals surface area (Å²) in [5.41, 5.74) is 1.18. The maximum absolute atomic E-state index is 12.4. The van der Waals surface area contributed by atoms with Gasteiger partial charge in [-0.15, -0.1) is 6.58 Å². The molecule has 0 amide bonds. The van der Waals surface area contributed by atoms with Gasteiger partial charge in [-0.2, -0.15) is 9.78 Å². The van der Waals surface area contributed by atoms with Crippen LogP contribution in [0.4, 0.5) is 0 Å². The van der Waals surface area contributed by atoms with E-state index in [4.69, 9.17) is 38.5 Å². The lowest BCUT2D eigenvalue weighted by molar-refractivity contribution is -0.315. The Morgan fingerprint density at radius 3 is 1.73 bits per heavy atom. The first-order chi connectivity index (χ1) is 21.6. The van der Waals surface area contributed by atoms with E-state index in [9.17, 15) is 9.59 Å². The van der Waals surface area contributed by atoms with Crippen LogP contribution in [0.3, 0.4) is 0 Å². The van der Waals surface area contributed by atoms with Crippen LogP contribution in [0.1, 0.15) is 57.5 Å². The highest BCUT2D eigenvalue weighted by Crippen LogP contribution is 2.21. The summed E-state index contributed by atoms with van der Waals surface area (Å²) >= 11 is 0. The van der Waals surface area contributed by atoms with Crippen LogP contribution in [-0.4, -0.2) is 32.1 Å². The second-order valence-electron chi connectivity index (χ2n) is 7.26. The van der Waals surface area contributed by atoms with Gasteiger partial charge in [0, 0.05) is 6.08 Å². The van der Waals surface area contributed by atoms with E-state index >= 15 is 0 Å². The number of hydrogen-bond acceptors (Lipinski definition) is 10. The first-order valence-electron chi connectivity index (χ1n) is 14.3. The van der Waals surface area contributed by atoms with Crippen LogP contribution in [0.2, 0.25) is 0 Å². The van der Waals surface area contributed by atoms with Gasteiger partial charge in [-0.3, -0.25) is 0 Å². The lowest BCUT2D eigenvalue weighted by atomic mass is 10.2. The van der Waals surface area contributed by atoms with E-state index in [0.717, 1.165) is 11.6 Å². The molecule has 0 aliphatic heterocycles. The molecule has 3 aromatic rings. The predicted octanol–water partition coefficient (Wildman–Crippen LogP) is 8.03. The molecule has 0 saturated carbocycles. The Hall–Kier alpha value is -4.64. The van der Waals surface area contributed by atoms with Gasteiger partial charge < -0.3 is 23.8 Å². The van der Waals surface area contributed by atoms with Crippen molar-refractivity contribution in [2.75, 3.05) is 20.2 Å². The van der Waals surface area contributed by atoms with Gasteiger partial charge >= 0.3 is 11.9 Å². The molecular weight excluding hydrogens is 568 g/mol. The summed E-state index contributed by atoms with van der Waals surface area (Å²) in [6.45, 7) is 19.0. The lowest BCUT2D eigenvalue weighted by Gasteiger charge is -2.09. The Balaban J connectivity index is 0.00000290. The van der Waals surface area contributed by atoms with Crippen molar-refractivity contribution < 1.29 is 48.1 Å². The monoisotopic (exact) mass is 612 g/mol. The first-order valence-corrected chi connectivity index (χ1v) is 14.3. The molecule has 240 valence electrons. The molecule has 0 saturated heterocycles. The van der Waals surface area contributed by atoms with Crippen molar-refractivity contribution in [2.45, 2.75) is 48.1 Å². The Bertz CT molecular complexity index is 1170. The quantitative estimate of drug-likeness (QED) is 0.0230. The molecule has 0 fully saturated rings. The smallest absolute Gasteiger partial charge is 0.343 e. The molecule has 0 aromatic heterocycles. The van der Waals surface area contributed by atoms with E-state index in [1.54, 1.807) is 54.6 Å². The minimum Gasteiger partial charge on any atom is -0.465 e. The molecule has 0 atom stereocenters. The number of benzene rings is 3. The second-order valence-corrected chi connectivity index (χ2v) is 7.26. The van der Waals surface area contributed by atoms with Gasteiger partial charge in [0.1, 0.15) is 30.5 Å². The fourth-order valence-corrected chi connectivity index (χ4v) is 2.70. The molecule has 0 aliphatic carbocycles. The Kier molecular flexibility index (Phi) is 23.3. The molecule has 44 heavy (non-hydrogen) atoms. The van der Waals surface area contributed by atoms with Crippen molar-refractivity contribution in [1.29, 1.82) is 0 Å². The summed E-state index contributed by atoms with van der Waals surface area (Å²) in [6.07, 6.45) is 2.60. The average Bonchev–Trinajstić information content (AvgIpc) is 3.09. The van der Waals surface area contributed by atoms with Gasteiger partial charge in [-0.1, -0.05) is 66.3 Å². The van der Waals surface area contributed by atoms with Gasteiger partial charge in [-0.25, -0.2) is 14.5 Å². The standard InChI is InChI=1S/C28H26O10.3C2H6/c1-3-17-34-36-20-32-23-9-5-21(6-10-23)18-35-38-26-15-13-25(14-16-26)37-28(30)22-7-11-24(12-8-22)31-19-33-27(29)4-2;3*1-2/h3-16H,1-2,17-20H2;3*1-2H3. The number of ether oxygens (including phenoxy) is 4. The molecule has 0 heterocycles. The zero-order valence-electron chi connectivity index (χ0n) is 26.4. The Morgan fingerprint density at radius 1 is 0.636 bits per heavy atom. The Labute approximate surface area is 260 Å². The molecular formula is C34H44O10. The van der Waals surface area contributed by atoms with Crippen LogP contribution in [0.25, 0.3) is 0 Å². The van der Waals surface area contributed by atoms with E-state index in [1.165, 1.54) is 12.1 Å². The molecule has 0 bridgehead atoms. The van der Waals surface area contributed by atoms with E-state index in [0.29, 0.717) is 28.6 Å². The second kappa shape index (κ2) is 26.0. The largest absolute Gasteiger partial charge is 0.465 e. The minimum atomic E-state index is -0.595. The van der Waals surface area contributed by atoms with Crippen LogP contribution in [0.15, 0.2) is 98.1 Å². The number of rotatable bonds is 16. The molecule has 3 aromatic carbocycles. The van der Waals surface area contributed by atoms with Gasteiger partial charge in [0.05, 0.1) is 5.56 Å². The van der Waals surface area contributed by atoms with E-state index in [1.807, 2.05) is 53.7 Å². The summed E-state index contributed by atoms with van der Waals surface area (Å²) in [4.78, 5) is 43.5. The van der Waals surface area contributed by atoms with Crippen molar-refractivity contribution in [2.24, 2.45) is 0 Å². The Morgan fingerprint density at radius 2 is 1.16 bits per heavy atom. The topological polar surface area (TPSA) is 108 Å². The summed E-state index contributed by atoms with van der Waals surface area (Å²) in [6, 6.07) is 19.7. The highest BCUT2D eigenvalue weighted by atomic mass is 17.2. The van der Waals surface area contributed by atoms with Gasteiger partial charge in [0.2, 0.25) is 13.6 Å². The summed E-state index contributed by atoms with van der Waals surface area (Å²) in [5.74, 6) is 0.640. The van der Waals surface area contributed by atoms with Crippen LogP contribution < -0.4 is 19.1 Å². The summed E-state index contributed by atoms with van der Waals surface area (Å²) in [7, 11) is 0. The fourth-order valence-electron chi connectivity index (χ4n) is 2.70. The number of carbonyl (C=O) groups is 2. The zero-order valence-corrected chi connectivity index (χ0v) is 26.4. The first kappa shape index (κ1) is 39.4. The highest BCUT2D eigenvalue weighted by molar-refractivity contribution is 5.91. The summed E-state index contributed by atoms with van der Waals surface area (Å²) in [5, 5.41) is 0. The average molecular weight is 613 g/mol. The SMILES string of the molecule is C=CCOOCOc1ccc(COOc2ccc(OC(=O)c3ccc(OCOC(=O)C=C)cc3)cc2)cc1.CC.CC.CC. The highest BCUT2D eigenvalue weighted by Gasteiger charge is 2.10. The normalized spacial score (nSPS) is 9.23. The summed E-state index contributed by atoms with van der Waals surface area (Å²) < 4.78 is 20.7. The minimum absolute atomic E-state index is 0.0457. The van der Waals surface area contributed by atoms with Crippen LogP contribution in [-0.2, 0) is 30.8 Å². The van der Waals surface area contributed by atoms with Crippen LogP contribution in [0.5, 0.6) is 23.0 Å². The van der Waals surface area contributed by atoms with Crippen molar-refractivity contribution in [1.82, 2.24) is 0 Å². The van der Waals surface area contributed by atoms with Crippen LogP contribution >= 0.6 is 0 Å². The lowest BCUT2D eigenvalue weighted by Crippen LogP contribution is -2.09. The maximum Gasteiger partial charge on any atom is 0.343 e. The zero-order chi connectivity index (χ0) is 33.0. The van der Waals surface area contributed by atoms with Crippen molar-refractivity contribution in [3.05, 3.63) is 109 Å². The van der Waals surface area contributed by atoms with Crippen molar-refractivity contribution >= 4 is 11.9 Å². The molecule has 0 spiro atoms. The molecule has 0 N–H and O–H groups in total. The molecule has 0 unspecified atom stereocenters. The van der Waals surface area contributed by atoms with Crippen molar-refractivity contribution in [3.8, 4) is 23.0 Å². The molecule has 0 aliphatic rings. The number of esters is 2. The molecule has 3 rings (SSSR count). The van der Waals surface area contributed by atoms with Crippen LogP contribution in [0, 0.1) is 0 Å². The molecule has 0 radical (unpaired) electrons. The predicted molar refractivity (Wildman–Crippen MR) is 168 cm³/mol. The number of carbonyl (C=O) groups excluding carboxylic acids is 2. The fraction of sp³-hybridized carbons (Fsp3) is 0.294. The van der Waals surface area contributed by atoms with E-state index in [-0.39, 0.29) is 26.8 Å². The third-order valence-corrected chi connectivity index (χ3v) is 4.56. The van der Waals surface area contributed by atoms with Gasteiger partial charge in [-0.05, 0) is 66.2 Å². The third kappa shape index (κ3) is 16.7. The van der Waals surface area contributed by atoms with Crippen molar-refractivity contribution in [3.63, 3.8) is 0 Å². The van der Waals surface area contributed by atoms with Gasteiger partial charge in [0.15, 0.2) is 5.75 Å². The van der Waals surface area contributed by atoms with E-state index in [2.05, 4.69) is 13.2 Å². The molecule has 10 nitrogen and oxygen atoms in total. The molecule has 10 heteroatoms. The van der Waals surface area contributed by atoms with E-state index < -0.39 is 11.9 Å². The van der Waals surface area contributed by atoms with Gasteiger partial charge in [0.25, 0.3) is 0 Å². The number of hydrogen-bond donors (Lipinski definition) is 0. The third-order valence-electron chi connectivity index (χ3n) is 4.56.